The lowest BCUT2D eigenvalue weighted by Crippen LogP contribution is -2.40. The maximum atomic E-state index is 12.3. The summed E-state index contributed by atoms with van der Waals surface area (Å²) in [5.74, 6) is 0.0854. The molecule has 0 heterocycles. The van der Waals surface area contributed by atoms with E-state index in [1.54, 1.807) is 7.11 Å². The summed E-state index contributed by atoms with van der Waals surface area (Å²) in [6, 6.07) is 9.41. The van der Waals surface area contributed by atoms with Crippen LogP contribution in [0.5, 0.6) is 0 Å². The van der Waals surface area contributed by atoms with Gasteiger partial charge in [0.25, 0.3) is 5.91 Å². The summed E-state index contributed by atoms with van der Waals surface area (Å²) in [6.07, 6.45) is 0. The summed E-state index contributed by atoms with van der Waals surface area (Å²) in [6.45, 7) is 8.27. The maximum absolute atomic E-state index is 12.3. The molecule has 0 fully saturated rings. The number of carbonyl (C=O) groups is 1. The Balaban J connectivity index is 2.75. The quantitative estimate of drug-likeness (QED) is 0.776. The van der Waals surface area contributed by atoms with Gasteiger partial charge in [-0.2, -0.15) is 0 Å². The van der Waals surface area contributed by atoms with Crippen molar-refractivity contribution in [1.29, 1.82) is 0 Å². The summed E-state index contributed by atoms with van der Waals surface area (Å²) in [5.41, 5.74) is 0.711. The van der Waals surface area contributed by atoms with Crippen LogP contribution < -0.4 is 0 Å². The van der Waals surface area contributed by atoms with Crippen LogP contribution in [0.25, 0.3) is 0 Å². The summed E-state index contributed by atoms with van der Waals surface area (Å²) in [4.78, 5) is 14.2. The molecule has 3 nitrogen and oxygen atoms in total. The van der Waals surface area contributed by atoms with Crippen LogP contribution in [0.2, 0.25) is 0 Å². The Morgan fingerprint density at radius 2 is 1.89 bits per heavy atom. The first-order chi connectivity index (χ1) is 8.50. The molecule has 3 heteroatoms. The molecule has 0 aliphatic rings. The Morgan fingerprint density at radius 1 is 1.28 bits per heavy atom. The van der Waals surface area contributed by atoms with E-state index in [0.717, 1.165) is 5.56 Å². The largest absolute Gasteiger partial charge is 0.384 e. The van der Waals surface area contributed by atoms with Crippen LogP contribution in [0.1, 0.15) is 31.1 Å². The van der Waals surface area contributed by atoms with Gasteiger partial charge in [-0.15, -0.1) is 0 Å². The van der Waals surface area contributed by atoms with Crippen LogP contribution in [-0.4, -0.2) is 37.6 Å². The molecule has 0 unspecified atom stereocenters. The number of rotatable bonds is 6. The van der Waals surface area contributed by atoms with Gasteiger partial charge in [-0.3, -0.25) is 4.79 Å². The fourth-order valence-electron chi connectivity index (χ4n) is 2.04. The average Bonchev–Trinajstić information content (AvgIpc) is 2.36. The van der Waals surface area contributed by atoms with Crippen molar-refractivity contribution in [2.45, 2.75) is 20.8 Å². The maximum Gasteiger partial charge on any atom is 0.253 e. The third-order valence-electron chi connectivity index (χ3n) is 2.84. The Morgan fingerprint density at radius 3 is 2.39 bits per heavy atom. The van der Waals surface area contributed by atoms with Gasteiger partial charge in [0.2, 0.25) is 0 Å². The third-order valence-corrected chi connectivity index (χ3v) is 2.84. The summed E-state index contributed by atoms with van der Waals surface area (Å²) in [7, 11) is 1.69. The molecule has 0 saturated heterocycles. The van der Waals surface area contributed by atoms with E-state index in [9.17, 15) is 4.79 Å². The van der Waals surface area contributed by atoms with Gasteiger partial charge in [0.15, 0.2) is 0 Å². The number of nitrogens with zero attached hydrogens (tertiary/aromatic N) is 1. The zero-order valence-electron chi connectivity index (χ0n) is 11.8. The molecular weight excluding hydrogens is 226 g/mol. The second-order valence-corrected chi connectivity index (χ2v) is 5.28. The highest BCUT2D eigenvalue weighted by Gasteiger charge is 2.24. The Kier molecular flexibility index (Phi) is 5.35. The third kappa shape index (κ3) is 4.15. The molecule has 0 radical (unpaired) electrons. The van der Waals surface area contributed by atoms with Crippen LogP contribution in [-0.2, 0) is 4.74 Å². The van der Waals surface area contributed by atoms with E-state index < -0.39 is 0 Å². The molecule has 0 atom stereocenters. The number of hydrogen-bond donors (Lipinski definition) is 0. The van der Waals surface area contributed by atoms with Crippen molar-refractivity contribution < 1.29 is 9.53 Å². The van der Waals surface area contributed by atoms with Crippen LogP contribution in [0.3, 0.4) is 0 Å². The zero-order chi connectivity index (χ0) is 13.6. The van der Waals surface area contributed by atoms with Gasteiger partial charge in [0, 0.05) is 31.2 Å². The molecule has 0 aromatic heterocycles. The van der Waals surface area contributed by atoms with Crippen LogP contribution >= 0.6 is 0 Å². The van der Waals surface area contributed by atoms with E-state index in [1.807, 2.05) is 42.2 Å². The highest BCUT2D eigenvalue weighted by Crippen LogP contribution is 2.18. The highest BCUT2D eigenvalue weighted by atomic mass is 16.5. The van der Waals surface area contributed by atoms with Crippen molar-refractivity contribution >= 4 is 5.91 Å². The molecular formula is C15H23NO2. The van der Waals surface area contributed by atoms with Gasteiger partial charge < -0.3 is 9.64 Å². The number of carbonyl (C=O) groups excluding carboxylic acids is 1. The first-order valence-corrected chi connectivity index (χ1v) is 6.33. The van der Waals surface area contributed by atoms with Gasteiger partial charge in [-0.1, -0.05) is 32.0 Å². The van der Waals surface area contributed by atoms with Crippen molar-refractivity contribution in [3.05, 3.63) is 35.9 Å². The van der Waals surface area contributed by atoms with Crippen LogP contribution in [0.4, 0.5) is 0 Å². The number of benzene rings is 1. The van der Waals surface area contributed by atoms with Crippen LogP contribution in [0, 0.1) is 5.41 Å². The Bertz CT molecular complexity index is 373. The smallest absolute Gasteiger partial charge is 0.253 e. The van der Waals surface area contributed by atoms with Gasteiger partial charge in [0.1, 0.15) is 0 Å². The molecule has 1 rings (SSSR count). The monoisotopic (exact) mass is 249 g/mol. The van der Waals surface area contributed by atoms with Crippen molar-refractivity contribution in [2.24, 2.45) is 5.41 Å². The number of amides is 1. The van der Waals surface area contributed by atoms with Crippen molar-refractivity contribution in [2.75, 3.05) is 26.8 Å². The summed E-state index contributed by atoms with van der Waals surface area (Å²) < 4.78 is 5.20. The average molecular weight is 249 g/mol. The second kappa shape index (κ2) is 6.55. The predicted molar refractivity (Wildman–Crippen MR) is 73.7 cm³/mol. The van der Waals surface area contributed by atoms with Gasteiger partial charge in [0.05, 0.1) is 6.61 Å². The Hall–Kier alpha value is -1.35. The standard InChI is InChI=1S/C15H23NO2/c1-5-16(11-15(2,3)12-18-4)14(17)13-9-7-6-8-10-13/h6-10H,5,11-12H2,1-4H3. The van der Waals surface area contributed by atoms with Gasteiger partial charge >= 0.3 is 0 Å². The van der Waals surface area contributed by atoms with E-state index in [0.29, 0.717) is 19.7 Å². The minimum Gasteiger partial charge on any atom is -0.384 e. The van der Waals surface area contributed by atoms with E-state index in [1.165, 1.54) is 0 Å². The molecule has 0 bridgehead atoms. The topological polar surface area (TPSA) is 29.5 Å². The molecule has 0 saturated carbocycles. The molecule has 0 N–H and O–H groups in total. The Labute approximate surface area is 110 Å². The van der Waals surface area contributed by atoms with E-state index in [-0.39, 0.29) is 11.3 Å². The van der Waals surface area contributed by atoms with E-state index in [4.69, 9.17) is 4.74 Å². The lowest BCUT2D eigenvalue weighted by Gasteiger charge is -2.31. The predicted octanol–water partition coefficient (Wildman–Crippen LogP) is 2.82. The van der Waals surface area contributed by atoms with Gasteiger partial charge in [-0.25, -0.2) is 0 Å². The lowest BCUT2D eigenvalue weighted by atomic mass is 9.93. The highest BCUT2D eigenvalue weighted by molar-refractivity contribution is 5.94. The molecule has 1 amide bonds. The minimum absolute atomic E-state index is 0.0325. The normalized spacial score (nSPS) is 11.3. The zero-order valence-corrected chi connectivity index (χ0v) is 11.8. The lowest BCUT2D eigenvalue weighted by molar-refractivity contribution is 0.0525. The molecule has 0 spiro atoms. The minimum atomic E-state index is -0.0325. The molecule has 0 aliphatic heterocycles. The number of ether oxygens (including phenoxy) is 1. The second-order valence-electron chi connectivity index (χ2n) is 5.28. The molecule has 0 aliphatic carbocycles. The first kappa shape index (κ1) is 14.7. The first-order valence-electron chi connectivity index (χ1n) is 6.33. The molecule has 18 heavy (non-hydrogen) atoms. The van der Waals surface area contributed by atoms with Gasteiger partial charge in [-0.05, 0) is 19.1 Å². The van der Waals surface area contributed by atoms with E-state index in [2.05, 4.69) is 13.8 Å². The molecule has 100 valence electrons. The van der Waals surface area contributed by atoms with E-state index >= 15 is 0 Å². The fourth-order valence-corrected chi connectivity index (χ4v) is 2.04. The number of methoxy groups -OCH3 is 1. The van der Waals surface area contributed by atoms with Crippen LogP contribution in [0.15, 0.2) is 30.3 Å². The molecule has 1 aromatic rings. The van der Waals surface area contributed by atoms with Crippen molar-refractivity contribution in [3.8, 4) is 0 Å². The fraction of sp³-hybridized carbons (Fsp3) is 0.533. The summed E-state index contributed by atoms with van der Waals surface area (Å²) >= 11 is 0. The number of hydrogen-bond acceptors (Lipinski definition) is 2. The van der Waals surface area contributed by atoms with Crippen molar-refractivity contribution in [3.63, 3.8) is 0 Å². The van der Waals surface area contributed by atoms with Crippen molar-refractivity contribution in [1.82, 2.24) is 4.90 Å². The SMILES string of the molecule is CCN(CC(C)(C)COC)C(=O)c1ccccc1. The summed E-state index contributed by atoms with van der Waals surface area (Å²) in [5, 5.41) is 0. The molecule has 1 aromatic carbocycles.